The van der Waals surface area contributed by atoms with Crippen molar-refractivity contribution < 1.29 is 13.7 Å². The van der Waals surface area contributed by atoms with E-state index in [0.29, 0.717) is 6.54 Å². The summed E-state index contributed by atoms with van der Waals surface area (Å²) >= 11 is 0. The van der Waals surface area contributed by atoms with Crippen LogP contribution in [0.5, 0.6) is 0 Å². The first kappa shape index (κ1) is 17.0. The summed E-state index contributed by atoms with van der Waals surface area (Å²) < 4.78 is 16.9. The second-order valence-corrected chi connectivity index (χ2v) is 7.28. The fourth-order valence-electron chi connectivity index (χ4n) is 2.59. The van der Waals surface area contributed by atoms with Gasteiger partial charge in [-0.15, -0.1) is 0 Å². The number of nitrogens with one attached hydrogen (secondary N) is 1. The molecule has 2 rings (SSSR count). The zero-order valence-corrected chi connectivity index (χ0v) is 14.2. The smallest absolute Gasteiger partial charge is 0.321 e. The zero-order valence-electron chi connectivity index (χ0n) is 13.4. The maximum atomic E-state index is 12.4. The minimum absolute atomic E-state index is 0.0919. The molecule has 6 heteroatoms. The van der Waals surface area contributed by atoms with Crippen LogP contribution in [0.1, 0.15) is 26.2 Å². The van der Waals surface area contributed by atoms with E-state index < -0.39 is 10.8 Å². The van der Waals surface area contributed by atoms with Crippen LogP contribution in [0.15, 0.2) is 29.2 Å². The van der Waals surface area contributed by atoms with Crippen LogP contribution in [-0.2, 0) is 15.5 Å². The molecule has 0 aromatic heterocycles. The van der Waals surface area contributed by atoms with E-state index in [1.807, 2.05) is 4.90 Å². The molecule has 0 aliphatic carbocycles. The highest BCUT2D eigenvalue weighted by Gasteiger charge is 2.29. The Hall–Kier alpha value is -1.40. The van der Waals surface area contributed by atoms with Crippen LogP contribution >= 0.6 is 0 Å². The highest BCUT2D eigenvalue weighted by Crippen LogP contribution is 2.25. The zero-order chi connectivity index (χ0) is 16.2. The summed E-state index contributed by atoms with van der Waals surface area (Å²) in [5, 5.41) is 2.90. The lowest BCUT2D eigenvalue weighted by molar-refractivity contribution is -0.00491. The number of urea groups is 1. The third-order valence-electron chi connectivity index (χ3n) is 4.26. The lowest BCUT2D eigenvalue weighted by atomic mass is 9.97. The molecule has 5 nitrogen and oxygen atoms in total. The van der Waals surface area contributed by atoms with Crippen LogP contribution in [0.25, 0.3) is 0 Å². The van der Waals surface area contributed by atoms with E-state index in [0.717, 1.165) is 36.4 Å². The number of anilines is 1. The van der Waals surface area contributed by atoms with Gasteiger partial charge in [0.1, 0.15) is 0 Å². The number of nitrogens with zero attached hydrogens (tertiary/aromatic N) is 1. The molecule has 122 valence electrons. The van der Waals surface area contributed by atoms with Gasteiger partial charge in [0.25, 0.3) is 0 Å². The fraction of sp³-hybridized carbons (Fsp3) is 0.562. The number of hydrogen-bond acceptors (Lipinski definition) is 3. The maximum absolute atomic E-state index is 12.4. The van der Waals surface area contributed by atoms with Gasteiger partial charge in [0.05, 0.1) is 5.60 Å². The average Bonchev–Trinajstić information content (AvgIpc) is 2.70. The van der Waals surface area contributed by atoms with E-state index in [1.165, 1.54) is 0 Å². The van der Waals surface area contributed by atoms with Gasteiger partial charge in [0, 0.05) is 47.8 Å². The lowest BCUT2D eigenvalue weighted by Crippen LogP contribution is -2.37. The minimum atomic E-state index is -1.00. The van der Waals surface area contributed by atoms with E-state index in [4.69, 9.17) is 4.74 Å². The van der Waals surface area contributed by atoms with Crippen molar-refractivity contribution in [2.24, 2.45) is 0 Å². The molecular formula is C16H24N2O3S. The van der Waals surface area contributed by atoms with Crippen LogP contribution < -0.4 is 5.32 Å². The van der Waals surface area contributed by atoms with E-state index in [1.54, 1.807) is 37.6 Å². The van der Waals surface area contributed by atoms with Gasteiger partial charge >= 0.3 is 6.03 Å². The Labute approximate surface area is 134 Å². The largest absolute Gasteiger partial charge is 0.378 e. The minimum Gasteiger partial charge on any atom is -0.378 e. The molecule has 0 unspecified atom stereocenters. The molecule has 1 heterocycles. The Morgan fingerprint density at radius 1 is 1.27 bits per heavy atom. The van der Waals surface area contributed by atoms with Gasteiger partial charge in [-0.3, -0.25) is 4.21 Å². The second kappa shape index (κ2) is 7.24. The normalized spacial score (nSPS) is 23.7. The molecule has 1 aliphatic heterocycles. The maximum Gasteiger partial charge on any atom is 0.321 e. The van der Waals surface area contributed by atoms with Gasteiger partial charge in [-0.05, 0) is 50.5 Å². The molecule has 22 heavy (non-hydrogen) atoms. The van der Waals surface area contributed by atoms with E-state index in [2.05, 4.69) is 12.2 Å². The molecule has 2 amide bonds. The van der Waals surface area contributed by atoms with Crippen LogP contribution in [0.2, 0.25) is 0 Å². The second-order valence-electron chi connectivity index (χ2n) is 5.90. The Morgan fingerprint density at radius 3 is 2.55 bits per heavy atom. The predicted octanol–water partition coefficient (Wildman–Crippen LogP) is 2.85. The molecule has 0 saturated carbocycles. The van der Waals surface area contributed by atoms with Gasteiger partial charge in [-0.25, -0.2) is 4.79 Å². The molecule has 1 aliphatic rings. The molecule has 1 N–H and O–H groups in total. The molecule has 1 fully saturated rings. The molecule has 1 aromatic carbocycles. The van der Waals surface area contributed by atoms with Crippen molar-refractivity contribution in [3.05, 3.63) is 24.3 Å². The van der Waals surface area contributed by atoms with E-state index in [9.17, 15) is 9.00 Å². The third-order valence-corrected chi connectivity index (χ3v) is 5.20. The highest BCUT2D eigenvalue weighted by atomic mass is 32.2. The summed E-state index contributed by atoms with van der Waals surface area (Å²) in [6.07, 6.45) is 4.37. The molecule has 1 saturated heterocycles. The van der Waals surface area contributed by atoms with Gasteiger partial charge in [-0.2, -0.15) is 0 Å². The number of hydrogen-bond donors (Lipinski definition) is 1. The number of ether oxygens (including phenoxy) is 1. The van der Waals surface area contributed by atoms with Gasteiger partial charge in [-0.1, -0.05) is 0 Å². The van der Waals surface area contributed by atoms with Gasteiger partial charge in [0.2, 0.25) is 0 Å². The number of amides is 2. The van der Waals surface area contributed by atoms with Crippen LogP contribution in [0.4, 0.5) is 10.5 Å². The number of carbonyl (C=O) groups is 1. The first-order chi connectivity index (χ1) is 10.4. The number of carbonyl (C=O) groups excluding carboxylic acids is 1. The number of methoxy groups -OCH3 is 1. The number of likely N-dealkylation sites (tertiary alicyclic amines) is 1. The summed E-state index contributed by atoms with van der Waals surface area (Å²) in [5.41, 5.74) is 0.583. The predicted molar refractivity (Wildman–Crippen MR) is 88.6 cm³/mol. The molecule has 1 aromatic rings. The summed E-state index contributed by atoms with van der Waals surface area (Å²) in [5.74, 6) is 0. The Bertz CT molecular complexity index is 547. The van der Waals surface area contributed by atoms with Crippen molar-refractivity contribution in [3.8, 4) is 0 Å². The average molecular weight is 324 g/mol. The first-order valence-corrected chi connectivity index (χ1v) is 9.04. The SMILES string of the molecule is CO[C@@]1(C)CCCN(C(=O)Nc2ccc([S@](C)=O)cc2)CC1. The summed E-state index contributed by atoms with van der Waals surface area (Å²) in [6.45, 7) is 3.52. The molecule has 0 bridgehead atoms. The Balaban J connectivity index is 1.95. The fourth-order valence-corrected chi connectivity index (χ4v) is 3.11. The summed E-state index contributed by atoms with van der Waals surface area (Å²) in [6, 6.07) is 7.02. The number of benzene rings is 1. The van der Waals surface area contributed by atoms with Crippen molar-refractivity contribution in [2.45, 2.75) is 36.7 Å². The van der Waals surface area contributed by atoms with Gasteiger partial charge in [0.15, 0.2) is 0 Å². The highest BCUT2D eigenvalue weighted by molar-refractivity contribution is 7.84. The quantitative estimate of drug-likeness (QED) is 0.930. The van der Waals surface area contributed by atoms with Crippen molar-refractivity contribution >= 4 is 22.5 Å². The van der Waals surface area contributed by atoms with Crippen LogP contribution in [0.3, 0.4) is 0 Å². The Morgan fingerprint density at radius 2 is 1.95 bits per heavy atom. The van der Waals surface area contributed by atoms with Crippen molar-refractivity contribution in [2.75, 3.05) is 31.8 Å². The lowest BCUT2D eigenvalue weighted by Gasteiger charge is -2.26. The monoisotopic (exact) mass is 324 g/mol. The van der Waals surface area contributed by atoms with Crippen molar-refractivity contribution in [3.63, 3.8) is 0 Å². The standard InChI is InChI=1S/C16H24N2O3S/c1-16(21-2)9-4-11-18(12-10-16)15(19)17-13-5-7-14(8-6-13)22(3)20/h5-8H,4,9-12H2,1-3H3,(H,17,19)/t16-,22-/m0/s1. The Kier molecular flexibility index (Phi) is 5.58. The van der Waals surface area contributed by atoms with Crippen LogP contribution in [-0.4, -0.2) is 47.2 Å². The molecule has 0 spiro atoms. The third kappa shape index (κ3) is 4.30. The van der Waals surface area contributed by atoms with E-state index >= 15 is 0 Å². The number of rotatable bonds is 3. The van der Waals surface area contributed by atoms with E-state index in [-0.39, 0.29) is 11.6 Å². The first-order valence-electron chi connectivity index (χ1n) is 7.48. The summed E-state index contributed by atoms with van der Waals surface area (Å²) in [7, 11) is 0.728. The van der Waals surface area contributed by atoms with Gasteiger partial charge < -0.3 is 15.0 Å². The molecule has 2 atom stereocenters. The van der Waals surface area contributed by atoms with Crippen LogP contribution in [0, 0.1) is 0 Å². The summed E-state index contributed by atoms with van der Waals surface area (Å²) in [4.78, 5) is 14.9. The van der Waals surface area contributed by atoms with Crippen molar-refractivity contribution in [1.29, 1.82) is 0 Å². The van der Waals surface area contributed by atoms with Crippen molar-refractivity contribution in [1.82, 2.24) is 4.90 Å². The topological polar surface area (TPSA) is 58.6 Å². The molecular weight excluding hydrogens is 300 g/mol. The molecule has 0 radical (unpaired) electrons.